The van der Waals surface area contributed by atoms with Gasteiger partial charge in [0.05, 0.1) is 13.2 Å². The molecule has 0 radical (unpaired) electrons. The van der Waals surface area contributed by atoms with Gasteiger partial charge in [-0.2, -0.15) is 0 Å². The molecule has 0 bridgehead atoms. The van der Waals surface area contributed by atoms with Gasteiger partial charge in [-0.3, -0.25) is 0 Å². The average molecular weight is 116 g/mol. The van der Waals surface area contributed by atoms with Crippen LogP contribution in [0.2, 0.25) is 0 Å². The van der Waals surface area contributed by atoms with Gasteiger partial charge in [0.15, 0.2) is 0 Å². The molecule has 0 aromatic heterocycles. The molecule has 0 aliphatic rings. The lowest BCUT2D eigenvalue weighted by Gasteiger charge is -1.89. The summed E-state index contributed by atoms with van der Waals surface area (Å²) in [6, 6.07) is 0. The van der Waals surface area contributed by atoms with Gasteiger partial charge in [0, 0.05) is 0 Å². The Morgan fingerprint density at radius 3 is 1.75 bits per heavy atom. The third kappa shape index (κ3) is 9.04. The molecule has 0 aliphatic carbocycles. The minimum atomic E-state index is 0. The van der Waals surface area contributed by atoms with E-state index < -0.39 is 0 Å². The Hall–Kier alpha value is -0.600. The van der Waals surface area contributed by atoms with Crippen molar-refractivity contribution in [2.24, 2.45) is 0 Å². The van der Waals surface area contributed by atoms with E-state index in [1.54, 1.807) is 12.2 Å². The minimum absolute atomic E-state index is 0. The predicted molar refractivity (Wildman–Crippen MR) is 34.8 cm³/mol. The first-order valence-electron chi connectivity index (χ1n) is 2.21. The Kier molecular flexibility index (Phi) is 12.5. The van der Waals surface area contributed by atoms with Gasteiger partial charge in [0.1, 0.15) is 0 Å². The Labute approximate surface area is 49.8 Å². The van der Waals surface area contributed by atoms with E-state index in [2.05, 4.69) is 13.2 Å². The second-order valence-corrected chi connectivity index (χ2v) is 1.11. The Bertz CT molecular complexity index is 51.5. The summed E-state index contributed by atoms with van der Waals surface area (Å²) in [5.74, 6) is 0. The van der Waals surface area contributed by atoms with Crippen molar-refractivity contribution in [1.82, 2.24) is 0 Å². The minimum Gasteiger partial charge on any atom is -0.412 e. The summed E-state index contributed by atoms with van der Waals surface area (Å²) in [5, 5.41) is 0. The zero-order chi connectivity index (χ0) is 5.54. The van der Waals surface area contributed by atoms with Gasteiger partial charge in [0.25, 0.3) is 0 Å². The zero-order valence-corrected chi connectivity index (χ0v) is 4.89. The highest BCUT2D eigenvalue weighted by atomic mass is 16.5. The van der Waals surface area contributed by atoms with E-state index in [1.807, 2.05) is 0 Å². The molecule has 0 saturated carbocycles. The highest BCUT2D eigenvalue weighted by molar-refractivity contribution is 4.68. The first kappa shape index (κ1) is 10.4. The van der Waals surface area contributed by atoms with Gasteiger partial charge in [-0.25, -0.2) is 0 Å². The molecule has 2 N–H and O–H groups in total. The molecule has 8 heavy (non-hydrogen) atoms. The topological polar surface area (TPSA) is 40.7 Å². The smallest absolute Gasteiger partial charge is 0.0649 e. The van der Waals surface area contributed by atoms with Crippen LogP contribution in [-0.4, -0.2) is 18.7 Å². The van der Waals surface area contributed by atoms with Crippen LogP contribution in [0.25, 0.3) is 0 Å². The molecule has 0 unspecified atom stereocenters. The van der Waals surface area contributed by atoms with Crippen LogP contribution in [0.1, 0.15) is 0 Å². The van der Waals surface area contributed by atoms with Gasteiger partial charge in [-0.1, -0.05) is 12.2 Å². The normalized spacial score (nSPS) is 7.00. The van der Waals surface area contributed by atoms with Gasteiger partial charge in [-0.15, -0.1) is 13.2 Å². The summed E-state index contributed by atoms with van der Waals surface area (Å²) in [4.78, 5) is 0. The summed E-state index contributed by atoms with van der Waals surface area (Å²) < 4.78 is 4.90. The van der Waals surface area contributed by atoms with Crippen LogP contribution in [0, 0.1) is 0 Å². The molecule has 0 fully saturated rings. The molecule has 0 aliphatic heterocycles. The van der Waals surface area contributed by atoms with E-state index >= 15 is 0 Å². The lowest BCUT2D eigenvalue weighted by Crippen LogP contribution is -1.87. The molecule has 0 heterocycles. The number of hydrogen-bond donors (Lipinski definition) is 0. The van der Waals surface area contributed by atoms with Crippen LogP contribution in [-0.2, 0) is 4.74 Å². The summed E-state index contributed by atoms with van der Waals surface area (Å²) in [5.41, 5.74) is 0. The highest BCUT2D eigenvalue weighted by Crippen LogP contribution is 1.72. The average Bonchev–Trinajstić information content (AvgIpc) is 1.69. The fraction of sp³-hybridized carbons (Fsp3) is 0.333. The summed E-state index contributed by atoms with van der Waals surface area (Å²) in [6.07, 6.45) is 3.42. The Morgan fingerprint density at radius 1 is 1.12 bits per heavy atom. The largest absolute Gasteiger partial charge is 0.412 e. The highest BCUT2D eigenvalue weighted by Gasteiger charge is 1.70. The SMILES string of the molecule is C=CCOCC=C.O. The molecular formula is C6H12O2. The Morgan fingerprint density at radius 2 is 1.50 bits per heavy atom. The van der Waals surface area contributed by atoms with Crippen LogP contribution < -0.4 is 0 Å². The second-order valence-electron chi connectivity index (χ2n) is 1.11. The van der Waals surface area contributed by atoms with E-state index in [4.69, 9.17) is 4.74 Å². The van der Waals surface area contributed by atoms with Crippen molar-refractivity contribution in [2.75, 3.05) is 13.2 Å². The molecule has 2 heteroatoms. The Balaban J connectivity index is 0. The summed E-state index contributed by atoms with van der Waals surface area (Å²) in [6.45, 7) is 8.18. The van der Waals surface area contributed by atoms with E-state index in [9.17, 15) is 0 Å². The second kappa shape index (κ2) is 9.64. The maximum atomic E-state index is 4.90. The fourth-order valence-electron chi connectivity index (χ4n) is 0.235. The van der Waals surface area contributed by atoms with Crippen LogP contribution in [0.4, 0.5) is 0 Å². The predicted octanol–water partition coefficient (Wildman–Crippen LogP) is 0.550. The van der Waals surface area contributed by atoms with Crippen LogP contribution >= 0.6 is 0 Å². The monoisotopic (exact) mass is 116 g/mol. The first-order valence-corrected chi connectivity index (χ1v) is 2.21. The van der Waals surface area contributed by atoms with Crippen molar-refractivity contribution in [3.8, 4) is 0 Å². The van der Waals surface area contributed by atoms with Gasteiger partial charge >= 0.3 is 0 Å². The lowest BCUT2D eigenvalue weighted by molar-refractivity contribution is 0.194. The standard InChI is InChI=1S/C6H10O.H2O/c1-3-5-7-6-4-2;/h3-4H,1-2,5-6H2;1H2. The van der Waals surface area contributed by atoms with Crippen molar-refractivity contribution >= 4 is 0 Å². The quantitative estimate of drug-likeness (QED) is 0.390. The van der Waals surface area contributed by atoms with Crippen molar-refractivity contribution in [1.29, 1.82) is 0 Å². The van der Waals surface area contributed by atoms with Crippen LogP contribution in [0.15, 0.2) is 25.3 Å². The third-order valence-electron chi connectivity index (χ3n) is 0.471. The molecular weight excluding hydrogens is 104 g/mol. The number of hydrogen-bond acceptors (Lipinski definition) is 1. The van der Waals surface area contributed by atoms with Crippen LogP contribution in [0.3, 0.4) is 0 Å². The summed E-state index contributed by atoms with van der Waals surface area (Å²) in [7, 11) is 0. The van der Waals surface area contributed by atoms with Gasteiger partial charge in [-0.05, 0) is 0 Å². The van der Waals surface area contributed by atoms with Crippen molar-refractivity contribution in [3.05, 3.63) is 25.3 Å². The zero-order valence-electron chi connectivity index (χ0n) is 4.89. The number of rotatable bonds is 4. The molecule has 0 atom stereocenters. The molecule has 0 amide bonds. The molecule has 0 aromatic carbocycles. The third-order valence-corrected chi connectivity index (χ3v) is 0.471. The number of ether oxygens (including phenoxy) is 1. The maximum Gasteiger partial charge on any atom is 0.0649 e. The van der Waals surface area contributed by atoms with Crippen molar-refractivity contribution < 1.29 is 10.2 Å². The van der Waals surface area contributed by atoms with Crippen molar-refractivity contribution in [3.63, 3.8) is 0 Å². The fourth-order valence-corrected chi connectivity index (χ4v) is 0.235. The van der Waals surface area contributed by atoms with Crippen molar-refractivity contribution in [2.45, 2.75) is 0 Å². The molecule has 0 saturated heterocycles. The lowest BCUT2D eigenvalue weighted by atomic mass is 10.6. The van der Waals surface area contributed by atoms with Gasteiger partial charge < -0.3 is 10.2 Å². The van der Waals surface area contributed by atoms with Crippen LogP contribution in [0.5, 0.6) is 0 Å². The maximum absolute atomic E-state index is 4.90. The van der Waals surface area contributed by atoms with E-state index in [0.717, 1.165) is 0 Å². The van der Waals surface area contributed by atoms with E-state index in [-0.39, 0.29) is 5.48 Å². The first-order chi connectivity index (χ1) is 3.41. The van der Waals surface area contributed by atoms with Gasteiger partial charge in [0.2, 0.25) is 0 Å². The molecule has 0 spiro atoms. The molecule has 2 nitrogen and oxygen atoms in total. The summed E-state index contributed by atoms with van der Waals surface area (Å²) >= 11 is 0. The van der Waals surface area contributed by atoms with E-state index in [1.165, 1.54) is 0 Å². The molecule has 0 rings (SSSR count). The van der Waals surface area contributed by atoms with E-state index in [0.29, 0.717) is 13.2 Å². The molecule has 0 aromatic rings. The molecule has 48 valence electrons.